The van der Waals surface area contributed by atoms with Crippen LogP contribution in [0.4, 0.5) is 0 Å². The number of Topliss-reactive ketones (excluding diaryl/α,β-unsaturated/α-hetero) is 1. The Morgan fingerprint density at radius 1 is 1.09 bits per heavy atom. The van der Waals surface area contributed by atoms with Gasteiger partial charge in [-0.3, -0.25) is 9.59 Å². The molecule has 0 unspecified atom stereocenters. The molecule has 1 heterocycles. The fraction of sp³-hybridized carbons (Fsp3) is 0.357. The Bertz CT molecular complexity index is 1070. The summed E-state index contributed by atoms with van der Waals surface area (Å²) < 4.78 is 11.2. The number of rotatable bonds is 11. The lowest BCUT2D eigenvalue weighted by molar-refractivity contribution is -0.139. The highest BCUT2D eigenvalue weighted by Crippen LogP contribution is 2.40. The molecule has 3 rings (SSSR count). The van der Waals surface area contributed by atoms with Gasteiger partial charge in [0.1, 0.15) is 23.9 Å². The number of hydrogen-bond donors (Lipinski definition) is 1. The van der Waals surface area contributed by atoms with Gasteiger partial charge in [-0.2, -0.15) is 0 Å². The first-order valence-electron chi connectivity index (χ1n) is 11.8. The zero-order valence-electron chi connectivity index (χ0n) is 20.9. The number of carbonyl (C=O) groups excluding carboxylic acids is 2. The first-order chi connectivity index (χ1) is 16.7. The van der Waals surface area contributed by atoms with Gasteiger partial charge in [0.25, 0.3) is 11.7 Å². The molecule has 0 spiro atoms. The smallest absolute Gasteiger partial charge is 0.295 e. The van der Waals surface area contributed by atoms with Crippen LogP contribution in [0.25, 0.3) is 5.76 Å². The van der Waals surface area contributed by atoms with Crippen molar-refractivity contribution >= 4 is 17.4 Å². The molecule has 2 aromatic rings. The van der Waals surface area contributed by atoms with E-state index in [1.54, 1.807) is 35.2 Å². The number of carbonyl (C=O) groups is 2. The van der Waals surface area contributed by atoms with Crippen molar-refractivity contribution in [3.63, 3.8) is 0 Å². The Morgan fingerprint density at radius 3 is 2.29 bits per heavy atom. The van der Waals surface area contributed by atoms with Crippen LogP contribution in [0, 0.1) is 0 Å². The van der Waals surface area contributed by atoms with Crippen molar-refractivity contribution in [3.05, 3.63) is 77.9 Å². The molecule has 186 valence electrons. The average molecular weight is 479 g/mol. The molecule has 7 nitrogen and oxygen atoms in total. The van der Waals surface area contributed by atoms with Crippen molar-refractivity contribution in [1.29, 1.82) is 0 Å². The van der Waals surface area contributed by atoms with Crippen LogP contribution in [0.15, 0.2) is 66.8 Å². The van der Waals surface area contributed by atoms with Crippen molar-refractivity contribution in [2.75, 3.05) is 33.8 Å². The van der Waals surface area contributed by atoms with Crippen molar-refractivity contribution in [1.82, 2.24) is 9.80 Å². The maximum absolute atomic E-state index is 13.2. The molecule has 1 atom stereocenters. The quantitative estimate of drug-likeness (QED) is 0.223. The highest BCUT2D eigenvalue weighted by Gasteiger charge is 2.45. The molecule has 2 aromatic carbocycles. The Hall–Kier alpha value is -3.58. The number of ether oxygens (including phenoxy) is 2. The number of likely N-dealkylation sites (tertiary alicyclic amines) is 1. The first kappa shape index (κ1) is 26.0. The number of benzene rings is 2. The summed E-state index contributed by atoms with van der Waals surface area (Å²) >= 11 is 0. The average Bonchev–Trinajstić information content (AvgIpc) is 3.07. The largest absolute Gasteiger partial charge is 0.507 e. The Kier molecular flexibility index (Phi) is 8.71. The fourth-order valence-electron chi connectivity index (χ4n) is 4.04. The monoisotopic (exact) mass is 478 g/mol. The second-order valence-electron chi connectivity index (χ2n) is 9.01. The summed E-state index contributed by atoms with van der Waals surface area (Å²) in [7, 11) is 3.92. The second kappa shape index (κ2) is 11.7. The van der Waals surface area contributed by atoms with Crippen molar-refractivity contribution < 1.29 is 24.2 Å². The maximum atomic E-state index is 13.2. The van der Waals surface area contributed by atoms with Crippen LogP contribution in [0.2, 0.25) is 0 Å². The van der Waals surface area contributed by atoms with Crippen LogP contribution in [0.5, 0.6) is 11.5 Å². The zero-order chi connectivity index (χ0) is 25.5. The van der Waals surface area contributed by atoms with Crippen LogP contribution in [0.1, 0.15) is 37.4 Å². The van der Waals surface area contributed by atoms with E-state index in [0.717, 1.165) is 12.1 Å². The highest BCUT2D eigenvalue weighted by molar-refractivity contribution is 6.46. The summed E-state index contributed by atoms with van der Waals surface area (Å²) in [5, 5.41) is 11.2. The molecule has 1 N–H and O–H groups in total. The molecule has 0 saturated carbocycles. The van der Waals surface area contributed by atoms with E-state index < -0.39 is 17.7 Å². The summed E-state index contributed by atoms with van der Waals surface area (Å²) in [4.78, 5) is 29.8. The van der Waals surface area contributed by atoms with Gasteiger partial charge in [0.15, 0.2) is 0 Å². The van der Waals surface area contributed by atoms with E-state index in [4.69, 9.17) is 9.47 Å². The summed E-state index contributed by atoms with van der Waals surface area (Å²) in [6.07, 6.45) is 2.36. The third-order valence-electron chi connectivity index (χ3n) is 5.61. The number of ketones is 1. The Balaban J connectivity index is 2.01. The minimum absolute atomic E-state index is 0.0240. The van der Waals surface area contributed by atoms with Crippen molar-refractivity contribution in [2.24, 2.45) is 0 Å². The summed E-state index contributed by atoms with van der Waals surface area (Å²) in [5.41, 5.74) is 1.25. The molecule has 35 heavy (non-hydrogen) atoms. The summed E-state index contributed by atoms with van der Waals surface area (Å²) in [6.45, 7) is 9.04. The minimum Gasteiger partial charge on any atom is -0.507 e. The molecule has 1 aliphatic rings. The molecule has 1 aliphatic heterocycles. The van der Waals surface area contributed by atoms with Crippen LogP contribution in [0.3, 0.4) is 0 Å². The van der Waals surface area contributed by atoms with E-state index in [-0.39, 0.29) is 17.4 Å². The third-order valence-corrected chi connectivity index (χ3v) is 5.61. The Morgan fingerprint density at radius 2 is 1.71 bits per heavy atom. The molecule has 0 aliphatic carbocycles. The van der Waals surface area contributed by atoms with Crippen LogP contribution in [-0.2, 0) is 9.59 Å². The van der Waals surface area contributed by atoms with Gasteiger partial charge >= 0.3 is 0 Å². The van der Waals surface area contributed by atoms with Gasteiger partial charge < -0.3 is 24.4 Å². The fourth-order valence-corrected chi connectivity index (χ4v) is 4.04. The number of aliphatic hydroxyl groups is 1. The van der Waals surface area contributed by atoms with Crippen molar-refractivity contribution in [3.8, 4) is 11.5 Å². The lowest BCUT2D eigenvalue weighted by Gasteiger charge is -2.26. The van der Waals surface area contributed by atoms with E-state index in [9.17, 15) is 14.7 Å². The maximum Gasteiger partial charge on any atom is 0.295 e. The predicted molar refractivity (Wildman–Crippen MR) is 137 cm³/mol. The minimum atomic E-state index is -0.693. The molecule has 0 aromatic heterocycles. The number of aliphatic hydroxyl groups excluding tert-OH is 1. The molecule has 1 amide bonds. The second-order valence-corrected chi connectivity index (χ2v) is 9.01. The van der Waals surface area contributed by atoms with Gasteiger partial charge in [0.2, 0.25) is 0 Å². The molecule has 0 bridgehead atoms. The topological polar surface area (TPSA) is 79.3 Å². The van der Waals surface area contributed by atoms with E-state index in [2.05, 4.69) is 6.58 Å². The third kappa shape index (κ3) is 6.31. The first-order valence-corrected chi connectivity index (χ1v) is 11.8. The standard InChI is InChI=1S/C28H34N2O5/c1-6-18-34-22-12-10-21(11-13-22)26(31)24-25(20-8-14-23(15-9-20)35-19(2)3)30(28(33)27(24)32)17-7-16-29(4)5/h6,8-15,19,25,31H,1,7,16-18H2,2-5H3/b26-24+/t25-/m1/s1. The molecular weight excluding hydrogens is 444 g/mol. The van der Waals surface area contributed by atoms with Gasteiger partial charge in [0.05, 0.1) is 17.7 Å². The SMILES string of the molecule is C=CCOc1ccc(/C(O)=C2\C(=O)C(=O)N(CCCN(C)C)[C@@H]2c2ccc(OC(C)C)cc2)cc1. The number of amides is 1. The molecule has 1 saturated heterocycles. The highest BCUT2D eigenvalue weighted by atomic mass is 16.5. The van der Waals surface area contributed by atoms with Crippen molar-refractivity contribution in [2.45, 2.75) is 32.4 Å². The summed E-state index contributed by atoms with van der Waals surface area (Å²) in [6, 6.07) is 13.4. The normalized spacial score (nSPS) is 17.3. The van der Waals surface area contributed by atoms with Crippen LogP contribution >= 0.6 is 0 Å². The molecule has 1 fully saturated rings. The van der Waals surface area contributed by atoms with E-state index in [1.165, 1.54) is 0 Å². The van der Waals surface area contributed by atoms with Crippen LogP contribution < -0.4 is 9.47 Å². The Labute approximate surface area is 207 Å². The van der Waals surface area contributed by atoms with Gasteiger partial charge in [0, 0.05) is 12.1 Å². The van der Waals surface area contributed by atoms with Gasteiger partial charge in [-0.25, -0.2) is 0 Å². The number of nitrogens with zero attached hydrogens (tertiary/aromatic N) is 2. The van der Waals surface area contributed by atoms with Gasteiger partial charge in [-0.15, -0.1) is 0 Å². The number of hydrogen-bond acceptors (Lipinski definition) is 6. The predicted octanol–water partition coefficient (Wildman–Crippen LogP) is 4.41. The zero-order valence-corrected chi connectivity index (χ0v) is 20.9. The molecule has 7 heteroatoms. The lowest BCUT2D eigenvalue weighted by atomic mass is 9.95. The molecular formula is C28H34N2O5. The lowest BCUT2D eigenvalue weighted by Crippen LogP contribution is -2.32. The van der Waals surface area contributed by atoms with E-state index in [1.807, 2.05) is 57.1 Å². The van der Waals surface area contributed by atoms with Gasteiger partial charge in [-0.1, -0.05) is 24.8 Å². The van der Waals surface area contributed by atoms with Crippen LogP contribution in [-0.4, -0.2) is 66.5 Å². The van der Waals surface area contributed by atoms with E-state index in [0.29, 0.717) is 36.6 Å². The van der Waals surface area contributed by atoms with E-state index >= 15 is 0 Å². The van der Waals surface area contributed by atoms with Gasteiger partial charge in [-0.05, 0) is 82.9 Å². The summed E-state index contributed by atoms with van der Waals surface area (Å²) in [5.74, 6) is -0.192. The molecule has 0 radical (unpaired) electrons.